The normalized spacial score (nSPS) is 11.1. The fourth-order valence-electron chi connectivity index (χ4n) is 2.51. The van der Waals surface area contributed by atoms with Gasteiger partial charge in [-0.1, -0.05) is 29.8 Å². The van der Waals surface area contributed by atoms with Gasteiger partial charge in [-0.25, -0.2) is 9.97 Å². The predicted molar refractivity (Wildman–Crippen MR) is 99.9 cm³/mol. The van der Waals surface area contributed by atoms with Crippen LogP contribution in [0.1, 0.15) is 27.2 Å². The van der Waals surface area contributed by atoms with Crippen LogP contribution in [-0.2, 0) is 12.7 Å². The summed E-state index contributed by atoms with van der Waals surface area (Å²) in [6.07, 6.45) is -2.99. The molecule has 3 aromatic rings. The largest absolute Gasteiger partial charge is 0.416 e. The Morgan fingerprint density at radius 2 is 1.82 bits per heavy atom. The number of hydrogen-bond donors (Lipinski definition) is 2. The smallest absolute Gasteiger partial charge is 0.350 e. The third-order valence-electron chi connectivity index (χ3n) is 3.89. The lowest BCUT2D eigenvalue weighted by Gasteiger charge is -2.09. The lowest BCUT2D eigenvalue weighted by atomic mass is 10.1. The monoisotopic (exact) mass is 386 g/mol. The maximum atomic E-state index is 12.6. The van der Waals surface area contributed by atoms with E-state index in [1.165, 1.54) is 24.4 Å². The molecule has 8 heteroatoms. The van der Waals surface area contributed by atoms with Gasteiger partial charge in [0.05, 0.1) is 5.56 Å². The predicted octanol–water partition coefficient (Wildman–Crippen LogP) is 4.67. The van der Waals surface area contributed by atoms with Gasteiger partial charge in [-0.3, -0.25) is 4.79 Å². The number of nitrogens with zero attached hydrogens (tertiary/aromatic N) is 2. The minimum absolute atomic E-state index is 0.0987. The molecular formula is C20H17F3N4O. The third-order valence-corrected chi connectivity index (χ3v) is 3.89. The molecule has 1 heterocycles. The Hall–Kier alpha value is -3.42. The van der Waals surface area contributed by atoms with Gasteiger partial charge in [0.1, 0.15) is 5.69 Å². The number of nitrogens with one attached hydrogen (secondary N) is 2. The number of halogens is 3. The Labute approximate surface area is 159 Å². The van der Waals surface area contributed by atoms with Crippen molar-refractivity contribution in [1.82, 2.24) is 9.97 Å². The van der Waals surface area contributed by atoms with Crippen molar-refractivity contribution in [2.24, 2.45) is 0 Å². The van der Waals surface area contributed by atoms with Crippen LogP contribution >= 0.6 is 0 Å². The average molecular weight is 386 g/mol. The molecule has 0 radical (unpaired) electrons. The van der Waals surface area contributed by atoms with Crippen LogP contribution in [-0.4, -0.2) is 15.9 Å². The highest BCUT2D eigenvalue weighted by Crippen LogP contribution is 2.29. The first-order valence-electron chi connectivity index (χ1n) is 8.42. The van der Waals surface area contributed by atoms with Gasteiger partial charge in [0, 0.05) is 18.4 Å². The Bertz CT molecular complexity index is 972. The van der Waals surface area contributed by atoms with Crippen LogP contribution < -0.4 is 10.6 Å². The quantitative estimate of drug-likeness (QED) is 0.669. The van der Waals surface area contributed by atoms with Crippen molar-refractivity contribution >= 4 is 17.5 Å². The molecule has 0 aliphatic rings. The minimum Gasteiger partial charge on any atom is -0.350 e. The molecule has 0 fully saturated rings. The molecule has 2 aromatic carbocycles. The Morgan fingerprint density at radius 1 is 1.07 bits per heavy atom. The first-order valence-corrected chi connectivity index (χ1v) is 8.42. The maximum Gasteiger partial charge on any atom is 0.416 e. The summed E-state index contributed by atoms with van der Waals surface area (Å²) in [5, 5.41) is 5.57. The van der Waals surface area contributed by atoms with Gasteiger partial charge in [-0.05, 0) is 42.8 Å². The maximum absolute atomic E-state index is 12.6. The van der Waals surface area contributed by atoms with Crippen molar-refractivity contribution in [2.45, 2.75) is 19.6 Å². The topological polar surface area (TPSA) is 66.9 Å². The molecule has 0 unspecified atom stereocenters. The molecule has 0 saturated heterocycles. The molecule has 144 valence electrons. The number of rotatable bonds is 5. The molecule has 1 aromatic heterocycles. The van der Waals surface area contributed by atoms with Gasteiger partial charge >= 0.3 is 6.18 Å². The highest BCUT2D eigenvalue weighted by atomic mass is 19.4. The number of hydrogen-bond acceptors (Lipinski definition) is 4. The molecule has 0 bridgehead atoms. The lowest BCUT2D eigenvalue weighted by Crippen LogP contribution is -2.15. The van der Waals surface area contributed by atoms with Gasteiger partial charge in [0.15, 0.2) is 0 Å². The molecular weight excluding hydrogens is 369 g/mol. The Kier molecular flexibility index (Phi) is 5.58. The molecule has 28 heavy (non-hydrogen) atoms. The van der Waals surface area contributed by atoms with Crippen molar-refractivity contribution < 1.29 is 18.0 Å². The van der Waals surface area contributed by atoms with E-state index in [1.54, 1.807) is 0 Å². The van der Waals surface area contributed by atoms with E-state index in [0.29, 0.717) is 6.54 Å². The first kappa shape index (κ1) is 19.3. The Morgan fingerprint density at radius 3 is 2.50 bits per heavy atom. The van der Waals surface area contributed by atoms with Crippen LogP contribution in [0, 0.1) is 6.92 Å². The standard InChI is InChI=1S/C20H17F3N4O/c1-13-3-2-4-14(11-13)12-25-19-24-10-9-17(27-19)18(28)26-16-7-5-15(6-8-16)20(21,22)23/h2-11H,12H2,1H3,(H,26,28)(H,24,25,27). The van der Waals surface area contributed by atoms with Crippen LogP contribution in [0.3, 0.4) is 0 Å². The molecule has 2 N–H and O–H groups in total. The van der Waals surface area contributed by atoms with E-state index in [1.807, 2.05) is 31.2 Å². The van der Waals surface area contributed by atoms with Crippen LogP contribution in [0.4, 0.5) is 24.8 Å². The van der Waals surface area contributed by atoms with Crippen LogP contribution in [0.2, 0.25) is 0 Å². The van der Waals surface area contributed by atoms with E-state index in [4.69, 9.17) is 0 Å². The zero-order valence-corrected chi connectivity index (χ0v) is 14.9. The van der Waals surface area contributed by atoms with E-state index >= 15 is 0 Å². The van der Waals surface area contributed by atoms with E-state index in [2.05, 4.69) is 20.6 Å². The lowest BCUT2D eigenvalue weighted by molar-refractivity contribution is -0.137. The van der Waals surface area contributed by atoms with Crippen molar-refractivity contribution in [3.8, 4) is 0 Å². The van der Waals surface area contributed by atoms with Crippen molar-refractivity contribution in [3.63, 3.8) is 0 Å². The summed E-state index contributed by atoms with van der Waals surface area (Å²) in [4.78, 5) is 20.5. The van der Waals surface area contributed by atoms with Gasteiger partial charge < -0.3 is 10.6 Å². The fraction of sp³-hybridized carbons (Fsp3) is 0.150. The van der Waals surface area contributed by atoms with Crippen LogP contribution in [0.5, 0.6) is 0 Å². The minimum atomic E-state index is -4.42. The zero-order chi connectivity index (χ0) is 20.1. The van der Waals surface area contributed by atoms with E-state index in [9.17, 15) is 18.0 Å². The van der Waals surface area contributed by atoms with E-state index < -0.39 is 17.6 Å². The molecule has 5 nitrogen and oxygen atoms in total. The van der Waals surface area contributed by atoms with Crippen molar-refractivity contribution in [2.75, 3.05) is 10.6 Å². The van der Waals surface area contributed by atoms with E-state index in [0.717, 1.165) is 23.3 Å². The van der Waals surface area contributed by atoms with Gasteiger partial charge in [-0.15, -0.1) is 0 Å². The summed E-state index contributed by atoms with van der Waals surface area (Å²) in [6.45, 7) is 2.48. The summed E-state index contributed by atoms with van der Waals surface area (Å²) >= 11 is 0. The number of benzene rings is 2. The zero-order valence-electron chi connectivity index (χ0n) is 14.9. The third kappa shape index (κ3) is 5.06. The molecule has 1 amide bonds. The molecule has 0 aliphatic carbocycles. The first-order chi connectivity index (χ1) is 13.3. The highest BCUT2D eigenvalue weighted by Gasteiger charge is 2.30. The second-order valence-electron chi connectivity index (χ2n) is 6.14. The molecule has 0 aliphatic heterocycles. The van der Waals surface area contributed by atoms with Gasteiger partial charge in [-0.2, -0.15) is 13.2 Å². The van der Waals surface area contributed by atoms with Crippen molar-refractivity contribution in [1.29, 1.82) is 0 Å². The number of amides is 1. The van der Waals surface area contributed by atoms with Crippen LogP contribution in [0.25, 0.3) is 0 Å². The van der Waals surface area contributed by atoms with E-state index in [-0.39, 0.29) is 17.3 Å². The van der Waals surface area contributed by atoms with Gasteiger partial charge in [0.25, 0.3) is 5.91 Å². The molecule has 3 rings (SSSR count). The number of anilines is 2. The highest BCUT2D eigenvalue weighted by molar-refractivity contribution is 6.02. The number of alkyl halides is 3. The number of aryl methyl sites for hydroxylation is 1. The number of carbonyl (C=O) groups is 1. The Balaban J connectivity index is 1.65. The summed E-state index contributed by atoms with van der Waals surface area (Å²) in [7, 11) is 0. The summed E-state index contributed by atoms with van der Waals surface area (Å²) in [6, 6.07) is 13.5. The summed E-state index contributed by atoms with van der Waals surface area (Å²) < 4.78 is 37.8. The number of aromatic nitrogens is 2. The number of carbonyl (C=O) groups excluding carboxylic acids is 1. The second kappa shape index (κ2) is 8.08. The second-order valence-corrected chi connectivity index (χ2v) is 6.14. The van der Waals surface area contributed by atoms with Gasteiger partial charge in [0.2, 0.25) is 5.95 Å². The molecule has 0 spiro atoms. The fourth-order valence-corrected chi connectivity index (χ4v) is 2.51. The molecule has 0 atom stereocenters. The molecule has 0 saturated carbocycles. The SMILES string of the molecule is Cc1cccc(CNc2nccc(C(=O)Nc3ccc(C(F)(F)F)cc3)n2)c1. The van der Waals surface area contributed by atoms with Crippen LogP contribution in [0.15, 0.2) is 60.8 Å². The average Bonchev–Trinajstić information content (AvgIpc) is 2.66. The summed E-state index contributed by atoms with van der Waals surface area (Å²) in [5.74, 6) is -0.262. The summed E-state index contributed by atoms with van der Waals surface area (Å²) in [5.41, 5.74) is 1.73. The van der Waals surface area contributed by atoms with Crippen molar-refractivity contribution in [3.05, 3.63) is 83.2 Å².